The number of carbonyl (C=O) groups excluding carboxylic acids is 1. The Bertz CT molecular complexity index is 1140. The minimum atomic E-state index is -3.83. The van der Waals surface area contributed by atoms with Crippen LogP contribution in [0.4, 0.5) is 0 Å². The summed E-state index contributed by atoms with van der Waals surface area (Å²) in [6, 6.07) is 11.2. The van der Waals surface area contributed by atoms with Gasteiger partial charge in [-0.1, -0.05) is 19.4 Å². The number of rotatable bonds is 8. The van der Waals surface area contributed by atoms with Crippen molar-refractivity contribution in [2.24, 2.45) is 5.14 Å². The second-order valence-corrected chi connectivity index (χ2v) is 8.10. The summed E-state index contributed by atoms with van der Waals surface area (Å²) in [5.41, 5.74) is 1.62. The summed E-state index contributed by atoms with van der Waals surface area (Å²) in [7, 11) is -2.31. The lowest BCUT2D eigenvalue weighted by atomic mass is 10.2. The standard InChI is InChI=1S/C20H23N3O5S/c1-3-4-10-23-18-9-8-16(29(21,25)26)12-17(18)22-19(23)13-28-20(24)14-6-5-7-15(11-14)27-2/h5-9,11-12H,3-4,10,13H2,1-2H3,(H2,21,25,26). The highest BCUT2D eigenvalue weighted by Gasteiger charge is 2.16. The van der Waals surface area contributed by atoms with Crippen molar-refractivity contribution < 1.29 is 22.7 Å². The van der Waals surface area contributed by atoms with Crippen molar-refractivity contribution in [1.29, 1.82) is 0 Å². The fourth-order valence-corrected chi connectivity index (χ4v) is 3.51. The van der Waals surface area contributed by atoms with Gasteiger partial charge in [-0.05, 0) is 42.8 Å². The van der Waals surface area contributed by atoms with E-state index in [9.17, 15) is 13.2 Å². The molecule has 0 saturated carbocycles. The maximum absolute atomic E-state index is 12.4. The Hall–Kier alpha value is -2.91. The highest BCUT2D eigenvalue weighted by atomic mass is 32.2. The molecule has 0 bridgehead atoms. The molecule has 29 heavy (non-hydrogen) atoms. The number of nitrogens with zero attached hydrogens (tertiary/aromatic N) is 2. The number of aryl methyl sites for hydroxylation is 1. The summed E-state index contributed by atoms with van der Waals surface area (Å²) in [5.74, 6) is 0.602. The molecule has 8 nitrogen and oxygen atoms in total. The lowest BCUT2D eigenvalue weighted by Gasteiger charge is -2.10. The monoisotopic (exact) mass is 417 g/mol. The third kappa shape index (κ3) is 4.75. The van der Waals surface area contributed by atoms with E-state index in [2.05, 4.69) is 11.9 Å². The normalized spacial score (nSPS) is 11.6. The van der Waals surface area contributed by atoms with E-state index < -0.39 is 16.0 Å². The van der Waals surface area contributed by atoms with Gasteiger partial charge >= 0.3 is 5.97 Å². The Morgan fingerprint density at radius 2 is 2.00 bits per heavy atom. The molecule has 0 atom stereocenters. The van der Waals surface area contributed by atoms with E-state index >= 15 is 0 Å². The van der Waals surface area contributed by atoms with E-state index in [4.69, 9.17) is 14.6 Å². The quantitative estimate of drug-likeness (QED) is 0.564. The van der Waals surface area contributed by atoms with E-state index in [0.717, 1.165) is 18.4 Å². The van der Waals surface area contributed by atoms with Gasteiger partial charge in [0.1, 0.15) is 18.2 Å². The molecular weight excluding hydrogens is 394 g/mol. The smallest absolute Gasteiger partial charge is 0.338 e. The molecule has 3 aromatic rings. The Morgan fingerprint density at radius 1 is 1.21 bits per heavy atom. The van der Waals surface area contributed by atoms with Crippen LogP contribution < -0.4 is 9.88 Å². The highest BCUT2D eigenvalue weighted by molar-refractivity contribution is 7.89. The molecule has 2 N–H and O–H groups in total. The van der Waals surface area contributed by atoms with Crippen LogP contribution in [0.2, 0.25) is 0 Å². The van der Waals surface area contributed by atoms with Crippen LogP contribution in [0, 0.1) is 0 Å². The minimum Gasteiger partial charge on any atom is -0.497 e. The number of carbonyl (C=O) groups is 1. The first kappa shape index (κ1) is 20.8. The van der Waals surface area contributed by atoms with Gasteiger partial charge in [-0.15, -0.1) is 0 Å². The second kappa shape index (κ2) is 8.62. The maximum Gasteiger partial charge on any atom is 0.338 e. The summed E-state index contributed by atoms with van der Waals surface area (Å²) in [6.07, 6.45) is 1.87. The van der Waals surface area contributed by atoms with E-state index in [1.165, 1.54) is 19.2 Å². The fourth-order valence-electron chi connectivity index (χ4n) is 2.98. The number of hydrogen-bond donors (Lipinski definition) is 1. The van der Waals surface area contributed by atoms with Gasteiger partial charge in [-0.3, -0.25) is 0 Å². The zero-order chi connectivity index (χ0) is 21.0. The second-order valence-electron chi connectivity index (χ2n) is 6.54. The van der Waals surface area contributed by atoms with Crippen molar-refractivity contribution in [1.82, 2.24) is 9.55 Å². The lowest BCUT2D eigenvalue weighted by Crippen LogP contribution is -2.12. The predicted octanol–water partition coefficient (Wildman–Crippen LogP) is 2.85. The molecule has 1 aromatic heterocycles. The molecule has 0 amide bonds. The Balaban J connectivity index is 1.89. The third-order valence-electron chi connectivity index (χ3n) is 4.50. The van der Waals surface area contributed by atoms with Crippen LogP contribution in [-0.2, 0) is 27.9 Å². The van der Waals surface area contributed by atoms with E-state index in [0.29, 0.717) is 29.2 Å². The number of ether oxygens (including phenoxy) is 2. The first-order chi connectivity index (χ1) is 13.8. The van der Waals surface area contributed by atoms with Crippen LogP contribution in [0.3, 0.4) is 0 Å². The topological polar surface area (TPSA) is 114 Å². The van der Waals surface area contributed by atoms with Crippen molar-refractivity contribution in [2.75, 3.05) is 7.11 Å². The van der Waals surface area contributed by atoms with Crippen LogP contribution >= 0.6 is 0 Å². The molecule has 3 rings (SSSR count). The predicted molar refractivity (Wildman–Crippen MR) is 108 cm³/mol. The molecule has 0 aliphatic carbocycles. The van der Waals surface area contributed by atoms with Gasteiger partial charge in [0.2, 0.25) is 10.0 Å². The molecule has 0 fully saturated rings. The van der Waals surface area contributed by atoms with Crippen molar-refractivity contribution in [3.05, 3.63) is 53.9 Å². The number of primary sulfonamides is 1. The largest absolute Gasteiger partial charge is 0.497 e. The number of esters is 1. The summed E-state index contributed by atoms with van der Waals surface area (Å²) >= 11 is 0. The maximum atomic E-state index is 12.4. The SMILES string of the molecule is CCCCn1c(COC(=O)c2cccc(OC)c2)nc2cc(S(N)(=O)=O)ccc21. The lowest BCUT2D eigenvalue weighted by molar-refractivity contribution is 0.0458. The third-order valence-corrected chi connectivity index (χ3v) is 5.41. The van der Waals surface area contributed by atoms with E-state index in [1.54, 1.807) is 30.3 Å². The molecule has 0 aliphatic heterocycles. The number of nitrogens with two attached hydrogens (primary N) is 1. The first-order valence-corrected chi connectivity index (χ1v) is 10.7. The van der Waals surface area contributed by atoms with E-state index in [1.807, 2.05) is 4.57 Å². The Morgan fingerprint density at radius 3 is 2.69 bits per heavy atom. The zero-order valence-electron chi connectivity index (χ0n) is 16.3. The Kier molecular flexibility index (Phi) is 6.19. The molecule has 2 aromatic carbocycles. The fraction of sp³-hybridized carbons (Fsp3) is 0.300. The molecule has 0 saturated heterocycles. The minimum absolute atomic E-state index is 0.00920. The molecule has 9 heteroatoms. The van der Waals surface area contributed by atoms with Gasteiger partial charge in [-0.25, -0.2) is 23.3 Å². The number of fused-ring (bicyclic) bond motifs is 1. The van der Waals surface area contributed by atoms with Gasteiger partial charge < -0.3 is 14.0 Å². The average Bonchev–Trinajstić information content (AvgIpc) is 3.06. The zero-order valence-corrected chi connectivity index (χ0v) is 17.1. The molecule has 1 heterocycles. The number of aromatic nitrogens is 2. The molecule has 0 aliphatic rings. The van der Waals surface area contributed by atoms with Crippen molar-refractivity contribution in [2.45, 2.75) is 37.8 Å². The van der Waals surface area contributed by atoms with Crippen LogP contribution in [0.25, 0.3) is 11.0 Å². The van der Waals surface area contributed by atoms with Crippen LogP contribution in [-0.4, -0.2) is 31.0 Å². The summed E-state index contributed by atoms with van der Waals surface area (Å²) in [4.78, 5) is 16.9. The number of hydrogen-bond acceptors (Lipinski definition) is 6. The molecule has 0 radical (unpaired) electrons. The van der Waals surface area contributed by atoms with Gasteiger partial charge in [0.05, 0.1) is 28.6 Å². The highest BCUT2D eigenvalue weighted by Crippen LogP contribution is 2.22. The van der Waals surface area contributed by atoms with Crippen LogP contribution in [0.15, 0.2) is 47.4 Å². The molecule has 0 spiro atoms. The van der Waals surface area contributed by atoms with Gasteiger partial charge in [-0.2, -0.15) is 0 Å². The summed E-state index contributed by atoms with van der Waals surface area (Å²) in [5, 5.41) is 5.22. The number of unbranched alkanes of at least 4 members (excludes halogenated alkanes) is 1. The molecular formula is C20H23N3O5S. The number of methoxy groups -OCH3 is 1. The van der Waals surface area contributed by atoms with Gasteiger partial charge in [0, 0.05) is 6.54 Å². The van der Waals surface area contributed by atoms with Crippen LogP contribution in [0.1, 0.15) is 35.9 Å². The number of imidazole rings is 1. The van der Waals surface area contributed by atoms with Crippen molar-refractivity contribution >= 4 is 27.0 Å². The summed E-state index contributed by atoms with van der Waals surface area (Å²) < 4.78 is 35.8. The number of sulfonamides is 1. The van der Waals surface area contributed by atoms with Gasteiger partial charge in [0.15, 0.2) is 0 Å². The Labute approximate surface area is 169 Å². The van der Waals surface area contributed by atoms with Crippen molar-refractivity contribution in [3.8, 4) is 5.75 Å². The summed E-state index contributed by atoms with van der Waals surface area (Å²) in [6.45, 7) is 2.70. The van der Waals surface area contributed by atoms with Crippen molar-refractivity contribution in [3.63, 3.8) is 0 Å². The molecule has 0 unspecified atom stereocenters. The van der Waals surface area contributed by atoms with E-state index in [-0.39, 0.29) is 11.5 Å². The van der Waals surface area contributed by atoms with Gasteiger partial charge in [0.25, 0.3) is 0 Å². The first-order valence-electron chi connectivity index (χ1n) is 9.16. The number of benzene rings is 2. The van der Waals surface area contributed by atoms with Crippen LogP contribution in [0.5, 0.6) is 5.75 Å². The average molecular weight is 417 g/mol. The molecule has 154 valence electrons.